The zero-order valence-electron chi connectivity index (χ0n) is 12.9. The molecule has 0 spiro atoms. The number of amides is 2. The molecule has 0 saturated carbocycles. The monoisotopic (exact) mass is 298 g/mol. The standard InChI is InChI=1S/C15H26N2O4/c1-15(2,9-16-13(18)11-5-3-7-20-11)10-17-14(19)12-6-4-8-21-12/h11-12H,3-10H2,1-2H3,(H,16,18)(H,17,19)/t11-,12-/m0/s1. The van der Waals surface area contributed by atoms with Crippen LogP contribution in [-0.4, -0.2) is 50.3 Å². The molecule has 2 aliphatic heterocycles. The molecule has 120 valence electrons. The van der Waals surface area contributed by atoms with Crippen LogP contribution in [0.1, 0.15) is 39.5 Å². The molecule has 2 fully saturated rings. The lowest BCUT2D eigenvalue weighted by molar-refractivity contribution is -0.130. The lowest BCUT2D eigenvalue weighted by Gasteiger charge is -2.26. The maximum absolute atomic E-state index is 11.9. The number of carbonyl (C=O) groups is 2. The van der Waals surface area contributed by atoms with Gasteiger partial charge >= 0.3 is 0 Å². The van der Waals surface area contributed by atoms with E-state index in [9.17, 15) is 9.59 Å². The molecule has 0 bridgehead atoms. The summed E-state index contributed by atoms with van der Waals surface area (Å²) in [6.07, 6.45) is 2.87. The van der Waals surface area contributed by atoms with Crippen LogP contribution in [0.5, 0.6) is 0 Å². The first kappa shape index (κ1) is 16.2. The molecular weight excluding hydrogens is 272 g/mol. The molecule has 2 saturated heterocycles. The van der Waals surface area contributed by atoms with Crippen molar-refractivity contribution in [2.75, 3.05) is 26.3 Å². The molecule has 0 aromatic carbocycles. The van der Waals surface area contributed by atoms with Gasteiger partial charge in [-0.15, -0.1) is 0 Å². The highest BCUT2D eigenvalue weighted by Gasteiger charge is 2.28. The van der Waals surface area contributed by atoms with Crippen molar-refractivity contribution < 1.29 is 19.1 Å². The third-order valence-electron chi connectivity index (χ3n) is 3.93. The van der Waals surface area contributed by atoms with E-state index in [1.54, 1.807) is 0 Å². The molecule has 2 aliphatic rings. The lowest BCUT2D eigenvalue weighted by Crippen LogP contribution is -2.46. The van der Waals surface area contributed by atoms with E-state index in [1.807, 2.05) is 13.8 Å². The summed E-state index contributed by atoms with van der Waals surface area (Å²) in [6.45, 7) is 6.38. The molecule has 6 nitrogen and oxygen atoms in total. The van der Waals surface area contributed by atoms with Gasteiger partial charge in [-0.25, -0.2) is 0 Å². The lowest BCUT2D eigenvalue weighted by atomic mass is 9.93. The molecule has 6 heteroatoms. The van der Waals surface area contributed by atoms with Gasteiger partial charge in [0, 0.05) is 26.3 Å². The van der Waals surface area contributed by atoms with Crippen LogP contribution in [0.15, 0.2) is 0 Å². The number of hydrogen-bond donors (Lipinski definition) is 2. The average Bonchev–Trinajstić information content (AvgIpc) is 3.14. The van der Waals surface area contributed by atoms with Gasteiger partial charge in [0.25, 0.3) is 0 Å². The summed E-state index contributed by atoms with van der Waals surface area (Å²) in [5.74, 6) is -0.0999. The van der Waals surface area contributed by atoms with Crippen LogP contribution < -0.4 is 10.6 Å². The van der Waals surface area contributed by atoms with Gasteiger partial charge < -0.3 is 20.1 Å². The first-order valence-corrected chi connectivity index (χ1v) is 7.77. The summed E-state index contributed by atoms with van der Waals surface area (Å²) < 4.78 is 10.7. The fourth-order valence-corrected chi connectivity index (χ4v) is 2.51. The van der Waals surface area contributed by atoms with Gasteiger partial charge in [0.05, 0.1) is 0 Å². The molecule has 0 aliphatic carbocycles. The molecule has 0 radical (unpaired) electrons. The second-order valence-electron chi connectivity index (χ2n) is 6.60. The van der Waals surface area contributed by atoms with Crippen molar-refractivity contribution in [1.29, 1.82) is 0 Å². The predicted octanol–water partition coefficient (Wildman–Crippen LogP) is 0.603. The number of nitrogens with one attached hydrogen (secondary N) is 2. The molecule has 2 N–H and O–H groups in total. The first-order chi connectivity index (χ1) is 9.98. The average molecular weight is 298 g/mol. The topological polar surface area (TPSA) is 76.7 Å². The quantitative estimate of drug-likeness (QED) is 0.753. The molecule has 2 heterocycles. The Kier molecular flexibility index (Phi) is 5.58. The predicted molar refractivity (Wildman–Crippen MR) is 77.7 cm³/mol. The summed E-state index contributed by atoms with van der Waals surface area (Å²) in [7, 11) is 0. The van der Waals surface area contributed by atoms with Gasteiger partial charge in [-0.3, -0.25) is 9.59 Å². The van der Waals surface area contributed by atoms with Gasteiger partial charge in [0.2, 0.25) is 11.8 Å². The molecule has 0 aromatic heterocycles. The minimum absolute atomic E-state index is 0.0500. The van der Waals surface area contributed by atoms with Crippen LogP contribution in [0.3, 0.4) is 0 Å². The highest BCUT2D eigenvalue weighted by Crippen LogP contribution is 2.16. The Morgan fingerprint density at radius 1 is 0.952 bits per heavy atom. The zero-order chi connectivity index (χ0) is 15.3. The second kappa shape index (κ2) is 7.22. The van der Waals surface area contributed by atoms with E-state index in [-0.39, 0.29) is 29.4 Å². The summed E-state index contributed by atoms with van der Waals surface area (Å²) in [5, 5.41) is 5.82. The number of ether oxygens (including phenoxy) is 2. The van der Waals surface area contributed by atoms with Crippen molar-refractivity contribution in [3.63, 3.8) is 0 Å². The van der Waals surface area contributed by atoms with Crippen molar-refractivity contribution in [3.8, 4) is 0 Å². The fraction of sp³-hybridized carbons (Fsp3) is 0.867. The van der Waals surface area contributed by atoms with Gasteiger partial charge in [-0.05, 0) is 31.1 Å². The van der Waals surface area contributed by atoms with Crippen molar-refractivity contribution in [2.24, 2.45) is 5.41 Å². The smallest absolute Gasteiger partial charge is 0.249 e. The summed E-state index contributed by atoms with van der Waals surface area (Å²) in [4.78, 5) is 23.8. The second-order valence-corrected chi connectivity index (χ2v) is 6.60. The van der Waals surface area contributed by atoms with E-state index in [2.05, 4.69) is 10.6 Å². The van der Waals surface area contributed by atoms with Gasteiger partial charge in [0.15, 0.2) is 0 Å². The molecule has 0 unspecified atom stereocenters. The van der Waals surface area contributed by atoms with E-state index >= 15 is 0 Å². The van der Waals surface area contributed by atoms with Crippen molar-refractivity contribution in [2.45, 2.75) is 51.7 Å². The first-order valence-electron chi connectivity index (χ1n) is 7.77. The Labute approximate surface area is 125 Å². The summed E-state index contributed by atoms with van der Waals surface area (Å²) >= 11 is 0. The molecule has 0 aromatic rings. The Hall–Kier alpha value is -1.14. The molecular formula is C15H26N2O4. The van der Waals surface area contributed by atoms with Crippen molar-refractivity contribution >= 4 is 11.8 Å². The number of carbonyl (C=O) groups excluding carboxylic acids is 2. The number of rotatable bonds is 6. The molecule has 2 atom stereocenters. The van der Waals surface area contributed by atoms with Crippen LogP contribution in [0, 0.1) is 5.41 Å². The van der Waals surface area contributed by atoms with Gasteiger partial charge in [-0.1, -0.05) is 13.8 Å². The fourth-order valence-electron chi connectivity index (χ4n) is 2.51. The Bertz CT molecular complexity index is 338. The van der Waals surface area contributed by atoms with Crippen LogP contribution in [0.25, 0.3) is 0 Å². The van der Waals surface area contributed by atoms with Crippen LogP contribution in [0.4, 0.5) is 0 Å². The largest absolute Gasteiger partial charge is 0.368 e. The van der Waals surface area contributed by atoms with Crippen molar-refractivity contribution in [3.05, 3.63) is 0 Å². The Morgan fingerprint density at radius 3 is 1.71 bits per heavy atom. The Morgan fingerprint density at radius 2 is 1.38 bits per heavy atom. The SMILES string of the molecule is CC(C)(CNC(=O)[C@@H]1CCCO1)CNC(=O)[C@@H]1CCCO1. The normalized spacial score (nSPS) is 25.8. The van der Waals surface area contributed by atoms with E-state index in [0.29, 0.717) is 26.3 Å². The maximum atomic E-state index is 11.9. The minimum atomic E-state index is -0.303. The molecule has 2 amide bonds. The van der Waals surface area contributed by atoms with Crippen molar-refractivity contribution in [1.82, 2.24) is 10.6 Å². The van der Waals surface area contributed by atoms with E-state index < -0.39 is 0 Å². The van der Waals surface area contributed by atoms with Crippen LogP contribution in [0.2, 0.25) is 0 Å². The van der Waals surface area contributed by atoms with E-state index in [4.69, 9.17) is 9.47 Å². The van der Waals surface area contributed by atoms with Gasteiger partial charge in [-0.2, -0.15) is 0 Å². The number of hydrogen-bond acceptors (Lipinski definition) is 4. The Balaban J connectivity index is 1.68. The zero-order valence-corrected chi connectivity index (χ0v) is 12.9. The minimum Gasteiger partial charge on any atom is -0.368 e. The van der Waals surface area contributed by atoms with Crippen LogP contribution >= 0.6 is 0 Å². The third kappa shape index (κ3) is 4.97. The van der Waals surface area contributed by atoms with Gasteiger partial charge in [0.1, 0.15) is 12.2 Å². The molecule has 21 heavy (non-hydrogen) atoms. The maximum Gasteiger partial charge on any atom is 0.249 e. The summed E-state index contributed by atoms with van der Waals surface area (Å²) in [5.41, 5.74) is -0.206. The van der Waals surface area contributed by atoms with Crippen LogP contribution in [-0.2, 0) is 19.1 Å². The van der Waals surface area contributed by atoms with E-state index in [0.717, 1.165) is 25.7 Å². The highest BCUT2D eigenvalue weighted by atomic mass is 16.5. The van der Waals surface area contributed by atoms with E-state index in [1.165, 1.54) is 0 Å². The highest BCUT2D eigenvalue weighted by molar-refractivity contribution is 5.81. The third-order valence-corrected chi connectivity index (χ3v) is 3.93. The molecule has 2 rings (SSSR count). The summed E-state index contributed by atoms with van der Waals surface area (Å²) in [6, 6.07) is 0.